The van der Waals surface area contributed by atoms with Crippen LogP contribution in [0.1, 0.15) is 37.5 Å². The number of hydrogen-bond acceptors (Lipinski definition) is 4. The molecule has 3 nitrogen and oxygen atoms in total. The fourth-order valence-corrected chi connectivity index (χ4v) is 5.96. The third-order valence-corrected chi connectivity index (χ3v) is 8.16. The molecule has 2 aromatic heterocycles. The third-order valence-electron chi connectivity index (χ3n) is 7.05. The Morgan fingerprint density at radius 2 is 1.47 bits per heavy atom. The van der Waals surface area contributed by atoms with E-state index >= 15 is 0 Å². The molecule has 0 saturated heterocycles. The van der Waals surface area contributed by atoms with Gasteiger partial charge in [-0.25, -0.2) is 0 Å². The van der Waals surface area contributed by atoms with Crippen LogP contribution in [-0.2, 0) is 11.2 Å². The van der Waals surface area contributed by atoms with Gasteiger partial charge in [0.05, 0.1) is 22.8 Å². The highest BCUT2D eigenvalue weighted by Gasteiger charge is 2.24. The van der Waals surface area contributed by atoms with Crippen LogP contribution in [0.15, 0.2) is 108 Å². The molecule has 0 unspecified atom stereocenters. The predicted molar refractivity (Wildman–Crippen MR) is 161 cm³/mol. The van der Waals surface area contributed by atoms with Crippen molar-refractivity contribution in [2.45, 2.75) is 43.8 Å². The monoisotopic (exact) mass is 513 g/mol. The lowest BCUT2D eigenvalue weighted by Gasteiger charge is -2.28. The van der Waals surface area contributed by atoms with Gasteiger partial charge in [0.2, 0.25) is 0 Å². The van der Waals surface area contributed by atoms with Gasteiger partial charge in [-0.2, -0.15) is 0 Å². The van der Waals surface area contributed by atoms with Gasteiger partial charge in [0.25, 0.3) is 0 Å². The predicted octanol–water partition coefficient (Wildman–Crippen LogP) is 9.49. The zero-order chi connectivity index (χ0) is 26.3. The number of thioether (sulfide) groups is 1. The zero-order valence-corrected chi connectivity index (χ0v) is 23.1. The maximum absolute atomic E-state index is 4.77. The first kappa shape index (κ1) is 24.4. The van der Waals surface area contributed by atoms with E-state index in [1.807, 2.05) is 30.2 Å². The van der Waals surface area contributed by atoms with Crippen molar-refractivity contribution in [3.8, 4) is 22.5 Å². The zero-order valence-electron chi connectivity index (χ0n) is 22.3. The number of aryl methyl sites for hydroxylation is 1. The van der Waals surface area contributed by atoms with Crippen molar-refractivity contribution in [3.63, 3.8) is 0 Å². The van der Waals surface area contributed by atoms with Crippen molar-refractivity contribution < 1.29 is 0 Å². The molecule has 0 atom stereocenters. The van der Waals surface area contributed by atoms with E-state index in [1.165, 1.54) is 33.0 Å². The maximum atomic E-state index is 4.77. The number of para-hydroxylation sites is 1. The molecule has 5 aromatic rings. The summed E-state index contributed by atoms with van der Waals surface area (Å²) >= 11 is 1.89. The van der Waals surface area contributed by atoms with Gasteiger partial charge in [0.1, 0.15) is 0 Å². The Hall–Kier alpha value is -3.89. The second-order valence-corrected chi connectivity index (χ2v) is 11.9. The third kappa shape index (κ3) is 4.72. The van der Waals surface area contributed by atoms with Crippen LogP contribution in [0.25, 0.3) is 22.5 Å². The number of fused-ring (bicyclic) bond motifs is 2. The van der Waals surface area contributed by atoms with E-state index in [9.17, 15) is 0 Å². The van der Waals surface area contributed by atoms with Crippen molar-refractivity contribution in [2.24, 2.45) is 0 Å². The number of pyridine rings is 2. The van der Waals surface area contributed by atoms with Crippen molar-refractivity contribution in [1.82, 2.24) is 9.97 Å². The van der Waals surface area contributed by atoms with Crippen LogP contribution in [0.5, 0.6) is 0 Å². The highest BCUT2D eigenvalue weighted by atomic mass is 32.2. The lowest BCUT2D eigenvalue weighted by Crippen LogP contribution is -2.12. The topological polar surface area (TPSA) is 29.0 Å². The van der Waals surface area contributed by atoms with Gasteiger partial charge in [0, 0.05) is 39.9 Å². The molecule has 0 amide bonds. The van der Waals surface area contributed by atoms with Crippen LogP contribution >= 0.6 is 11.8 Å². The molecule has 38 heavy (non-hydrogen) atoms. The summed E-state index contributed by atoms with van der Waals surface area (Å²) in [7, 11) is 0. The Labute approximate surface area is 229 Å². The van der Waals surface area contributed by atoms with Crippen LogP contribution in [0, 0.1) is 6.92 Å². The molecule has 188 valence electrons. The summed E-state index contributed by atoms with van der Waals surface area (Å²) in [6, 6.07) is 32.8. The summed E-state index contributed by atoms with van der Waals surface area (Å²) in [6.07, 6.45) is 3.82. The number of nitrogens with zero attached hydrogens (tertiary/aromatic N) is 3. The SMILES string of the molecule is Cc1ccnc(-c2cccc(N3c4ccccc4CSc4ccc(-c5cc(C(C)(C)C)ccn5)cc43)c2)c1. The Kier molecular flexibility index (Phi) is 6.29. The molecule has 0 N–H and O–H groups in total. The quantitative estimate of drug-likeness (QED) is 0.240. The molecular weight excluding hydrogens is 482 g/mol. The van der Waals surface area contributed by atoms with E-state index in [0.717, 1.165) is 34.0 Å². The van der Waals surface area contributed by atoms with Crippen LogP contribution < -0.4 is 4.90 Å². The molecule has 0 aliphatic carbocycles. The molecule has 0 bridgehead atoms. The van der Waals surface area contributed by atoms with Crippen molar-refractivity contribution >= 4 is 28.8 Å². The molecule has 6 rings (SSSR count). The molecule has 0 fully saturated rings. The fraction of sp³-hybridized carbons (Fsp3) is 0.176. The van der Waals surface area contributed by atoms with E-state index in [1.54, 1.807) is 0 Å². The second kappa shape index (κ2) is 9.77. The molecule has 0 radical (unpaired) electrons. The van der Waals surface area contributed by atoms with Crippen LogP contribution in [-0.4, -0.2) is 9.97 Å². The molecular formula is C34H31N3S. The van der Waals surface area contributed by atoms with Crippen molar-refractivity contribution in [2.75, 3.05) is 4.90 Å². The molecule has 4 heteroatoms. The minimum atomic E-state index is 0.0640. The van der Waals surface area contributed by atoms with E-state index in [-0.39, 0.29) is 5.41 Å². The molecule has 1 aliphatic heterocycles. The number of benzene rings is 3. The average molecular weight is 514 g/mol. The van der Waals surface area contributed by atoms with Crippen LogP contribution in [0.3, 0.4) is 0 Å². The van der Waals surface area contributed by atoms with Gasteiger partial charge < -0.3 is 4.90 Å². The largest absolute Gasteiger partial charge is 0.309 e. The molecule has 0 saturated carbocycles. The maximum Gasteiger partial charge on any atom is 0.0705 e. The van der Waals surface area contributed by atoms with E-state index < -0.39 is 0 Å². The van der Waals surface area contributed by atoms with Crippen molar-refractivity contribution in [3.05, 3.63) is 120 Å². The summed E-state index contributed by atoms with van der Waals surface area (Å²) in [5.41, 5.74) is 11.6. The number of anilines is 3. The highest BCUT2D eigenvalue weighted by molar-refractivity contribution is 7.98. The van der Waals surface area contributed by atoms with Gasteiger partial charge >= 0.3 is 0 Å². The first-order valence-corrected chi connectivity index (χ1v) is 14.0. The summed E-state index contributed by atoms with van der Waals surface area (Å²) in [4.78, 5) is 13.1. The molecule has 3 heterocycles. The van der Waals surface area contributed by atoms with E-state index in [0.29, 0.717) is 0 Å². The second-order valence-electron chi connectivity index (χ2n) is 10.9. The Bertz CT molecular complexity index is 1630. The Morgan fingerprint density at radius 1 is 0.711 bits per heavy atom. The number of hydrogen-bond donors (Lipinski definition) is 0. The Morgan fingerprint density at radius 3 is 2.29 bits per heavy atom. The standard InChI is InChI=1S/C34H31N3S/c1-23-14-16-35-29(18-23)24-9-7-10-28(19-24)37-31-11-6-5-8-26(31)22-38-33-13-12-25(20-32(33)37)30-21-27(15-17-36-30)34(2,3)4/h5-21H,22H2,1-4H3. The normalized spacial score (nSPS) is 13.0. The van der Waals surface area contributed by atoms with E-state index in [2.05, 4.69) is 123 Å². The molecule has 1 aliphatic rings. The molecule has 0 spiro atoms. The first-order valence-electron chi connectivity index (χ1n) is 13.0. The summed E-state index contributed by atoms with van der Waals surface area (Å²) < 4.78 is 0. The van der Waals surface area contributed by atoms with Gasteiger partial charge in [-0.05, 0) is 83.6 Å². The number of aromatic nitrogens is 2. The first-order chi connectivity index (χ1) is 18.4. The fourth-order valence-electron chi connectivity index (χ4n) is 4.94. The highest BCUT2D eigenvalue weighted by Crippen LogP contribution is 2.48. The summed E-state index contributed by atoms with van der Waals surface area (Å²) in [5.74, 6) is 0.926. The van der Waals surface area contributed by atoms with Crippen molar-refractivity contribution in [1.29, 1.82) is 0 Å². The van der Waals surface area contributed by atoms with Crippen LogP contribution in [0.2, 0.25) is 0 Å². The van der Waals surface area contributed by atoms with E-state index in [4.69, 9.17) is 4.98 Å². The van der Waals surface area contributed by atoms with Gasteiger partial charge in [-0.1, -0.05) is 57.2 Å². The smallest absolute Gasteiger partial charge is 0.0705 e. The van der Waals surface area contributed by atoms with Gasteiger partial charge in [-0.15, -0.1) is 11.8 Å². The summed E-state index contributed by atoms with van der Waals surface area (Å²) in [5, 5.41) is 0. The average Bonchev–Trinajstić information content (AvgIpc) is 3.09. The van der Waals surface area contributed by atoms with Gasteiger partial charge in [-0.3, -0.25) is 9.97 Å². The minimum Gasteiger partial charge on any atom is -0.309 e. The van der Waals surface area contributed by atoms with Gasteiger partial charge in [0.15, 0.2) is 0 Å². The lowest BCUT2D eigenvalue weighted by molar-refractivity contribution is 0.589. The minimum absolute atomic E-state index is 0.0640. The lowest BCUT2D eigenvalue weighted by atomic mass is 9.87. The Balaban J connectivity index is 1.53. The summed E-state index contributed by atoms with van der Waals surface area (Å²) in [6.45, 7) is 8.84. The number of rotatable bonds is 3. The van der Waals surface area contributed by atoms with Crippen LogP contribution in [0.4, 0.5) is 17.1 Å². The molecule has 3 aromatic carbocycles.